The van der Waals surface area contributed by atoms with Gasteiger partial charge in [0.15, 0.2) is 0 Å². The summed E-state index contributed by atoms with van der Waals surface area (Å²) in [5.41, 5.74) is 0. The summed E-state index contributed by atoms with van der Waals surface area (Å²) in [7, 11) is 0. The van der Waals surface area contributed by atoms with Crippen LogP contribution in [0.2, 0.25) is 0 Å². The smallest absolute Gasteiger partial charge is 0.132 e. The van der Waals surface area contributed by atoms with Crippen molar-refractivity contribution in [3.8, 4) is 5.75 Å². The van der Waals surface area contributed by atoms with E-state index in [2.05, 4.69) is 25.0 Å². The maximum absolute atomic E-state index is 5.68. The fourth-order valence-electron chi connectivity index (χ4n) is 1.13. The lowest BCUT2D eigenvalue weighted by atomic mass is 10.3. The Bertz CT molecular complexity index is 263. The maximum atomic E-state index is 5.68. The van der Waals surface area contributed by atoms with E-state index in [-0.39, 0.29) is 0 Å². The van der Waals surface area contributed by atoms with Gasteiger partial charge in [-0.25, -0.2) is 0 Å². The van der Waals surface area contributed by atoms with Crippen LogP contribution in [0, 0.1) is 0 Å². The second kappa shape index (κ2) is 7.07. The Morgan fingerprint density at radius 3 is 2.79 bits per heavy atom. The molecular weight excluding hydrogens is 212 g/mol. The van der Waals surface area contributed by atoms with Crippen LogP contribution >= 0.6 is 24.4 Å². The van der Waals surface area contributed by atoms with Gasteiger partial charge in [-0.2, -0.15) is 12.6 Å². The predicted molar refractivity (Wildman–Crippen MR) is 66.8 cm³/mol. The van der Waals surface area contributed by atoms with Gasteiger partial charge in [0.1, 0.15) is 5.75 Å². The Hall–Kier alpha value is -0.280. The van der Waals surface area contributed by atoms with Crippen molar-refractivity contribution in [3.05, 3.63) is 24.3 Å². The second-order valence-electron chi connectivity index (χ2n) is 2.93. The molecule has 0 spiro atoms. The summed E-state index contributed by atoms with van der Waals surface area (Å²) >= 11 is 5.88. The van der Waals surface area contributed by atoms with Crippen molar-refractivity contribution in [2.45, 2.75) is 17.7 Å². The van der Waals surface area contributed by atoms with Crippen LogP contribution in [-0.2, 0) is 0 Å². The maximum Gasteiger partial charge on any atom is 0.132 e. The molecule has 1 aromatic carbocycles. The van der Waals surface area contributed by atoms with E-state index in [0.717, 1.165) is 31.0 Å². The first-order valence-electron chi connectivity index (χ1n) is 4.75. The zero-order valence-corrected chi connectivity index (χ0v) is 10.1. The number of unbranched alkanes of at least 4 members (excludes halogenated alkanes) is 1. The van der Waals surface area contributed by atoms with Gasteiger partial charge in [-0.1, -0.05) is 12.1 Å². The molecule has 0 aliphatic carbocycles. The number of benzene rings is 1. The van der Waals surface area contributed by atoms with Crippen molar-refractivity contribution < 1.29 is 4.74 Å². The first-order chi connectivity index (χ1) is 6.88. The SMILES string of the molecule is CSc1ccccc1OCCCCS. The van der Waals surface area contributed by atoms with Crippen LogP contribution in [0.1, 0.15) is 12.8 Å². The van der Waals surface area contributed by atoms with E-state index in [0.29, 0.717) is 0 Å². The predicted octanol–water partition coefficient (Wildman–Crippen LogP) is 3.50. The number of thiol groups is 1. The molecule has 1 rings (SSSR count). The topological polar surface area (TPSA) is 9.23 Å². The molecular formula is C11H16OS2. The zero-order valence-electron chi connectivity index (χ0n) is 8.40. The Labute approximate surface area is 95.6 Å². The Morgan fingerprint density at radius 2 is 2.07 bits per heavy atom. The highest BCUT2D eigenvalue weighted by atomic mass is 32.2. The van der Waals surface area contributed by atoms with Gasteiger partial charge in [0, 0.05) is 4.90 Å². The highest BCUT2D eigenvalue weighted by Gasteiger charge is 1.99. The molecule has 0 saturated heterocycles. The molecule has 0 atom stereocenters. The first kappa shape index (κ1) is 11.8. The fourth-order valence-corrected chi connectivity index (χ4v) is 1.90. The molecule has 3 heteroatoms. The summed E-state index contributed by atoms with van der Waals surface area (Å²) in [6, 6.07) is 8.14. The van der Waals surface area contributed by atoms with Crippen LogP contribution in [0.25, 0.3) is 0 Å². The van der Waals surface area contributed by atoms with Crippen molar-refractivity contribution in [1.82, 2.24) is 0 Å². The van der Waals surface area contributed by atoms with Crippen LogP contribution in [0.3, 0.4) is 0 Å². The van der Waals surface area contributed by atoms with Crippen LogP contribution in [0.5, 0.6) is 5.75 Å². The average molecular weight is 228 g/mol. The van der Waals surface area contributed by atoms with Gasteiger partial charge in [0.05, 0.1) is 6.61 Å². The highest BCUT2D eigenvalue weighted by Crippen LogP contribution is 2.26. The van der Waals surface area contributed by atoms with Crippen LogP contribution < -0.4 is 4.74 Å². The quantitative estimate of drug-likeness (QED) is 0.453. The minimum absolute atomic E-state index is 0.790. The summed E-state index contributed by atoms with van der Waals surface area (Å²) in [6.45, 7) is 0.790. The molecule has 0 fully saturated rings. The number of thioether (sulfide) groups is 1. The van der Waals surface area contributed by atoms with Gasteiger partial charge in [-0.05, 0) is 37.0 Å². The molecule has 0 saturated carbocycles. The minimum Gasteiger partial charge on any atom is -0.492 e. The average Bonchev–Trinajstić information content (AvgIpc) is 2.25. The second-order valence-corrected chi connectivity index (χ2v) is 4.23. The van der Waals surface area contributed by atoms with Crippen molar-refractivity contribution in [2.24, 2.45) is 0 Å². The molecule has 0 aromatic heterocycles. The van der Waals surface area contributed by atoms with E-state index >= 15 is 0 Å². The van der Waals surface area contributed by atoms with Crippen LogP contribution in [-0.4, -0.2) is 18.6 Å². The Balaban J connectivity index is 2.41. The summed E-state index contributed by atoms with van der Waals surface area (Å²) in [5, 5.41) is 0. The normalized spacial score (nSPS) is 10.1. The van der Waals surface area contributed by atoms with Crippen LogP contribution in [0.4, 0.5) is 0 Å². The van der Waals surface area contributed by atoms with Crippen LogP contribution in [0.15, 0.2) is 29.2 Å². The monoisotopic (exact) mass is 228 g/mol. The van der Waals surface area contributed by atoms with E-state index in [1.54, 1.807) is 11.8 Å². The molecule has 1 aromatic rings. The molecule has 14 heavy (non-hydrogen) atoms. The number of hydrogen-bond donors (Lipinski definition) is 1. The lowest BCUT2D eigenvalue weighted by Gasteiger charge is -2.08. The van der Waals surface area contributed by atoms with Gasteiger partial charge in [-0.15, -0.1) is 11.8 Å². The van der Waals surface area contributed by atoms with Gasteiger partial charge in [-0.3, -0.25) is 0 Å². The van der Waals surface area contributed by atoms with Crippen molar-refractivity contribution >= 4 is 24.4 Å². The Kier molecular flexibility index (Phi) is 5.96. The van der Waals surface area contributed by atoms with Crippen molar-refractivity contribution in [2.75, 3.05) is 18.6 Å². The molecule has 0 unspecified atom stereocenters. The van der Waals surface area contributed by atoms with Crippen molar-refractivity contribution in [1.29, 1.82) is 0 Å². The van der Waals surface area contributed by atoms with E-state index in [1.165, 1.54) is 4.90 Å². The molecule has 1 nitrogen and oxygen atoms in total. The van der Waals surface area contributed by atoms with E-state index in [4.69, 9.17) is 4.74 Å². The third-order valence-corrected chi connectivity index (χ3v) is 2.97. The number of ether oxygens (including phenoxy) is 1. The van der Waals surface area contributed by atoms with E-state index in [1.807, 2.05) is 18.2 Å². The molecule has 0 aliphatic heterocycles. The first-order valence-corrected chi connectivity index (χ1v) is 6.61. The molecule has 0 heterocycles. The molecule has 0 amide bonds. The van der Waals surface area contributed by atoms with Gasteiger partial charge < -0.3 is 4.74 Å². The molecule has 78 valence electrons. The number of para-hydroxylation sites is 1. The lowest BCUT2D eigenvalue weighted by Crippen LogP contribution is -1.98. The summed E-state index contributed by atoms with van der Waals surface area (Å²) in [4.78, 5) is 1.21. The third-order valence-electron chi connectivity index (χ3n) is 1.88. The molecule has 0 aliphatic rings. The van der Waals surface area contributed by atoms with E-state index in [9.17, 15) is 0 Å². The lowest BCUT2D eigenvalue weighted by molar-refractivity contribution is 0.303. The Morgan fingerprint density at radius 1 is 1.29 bits per heavy atom. The number of hydrogen-bond acceptors (Lipinski definition) is 3. The molecule has 0 bridgehead atoms. The zero-order chi connectivity index (χ0) is 10.2. The van der Waals surface area contributed by atoms with Gasteiger partial charge >= 0.3 is 0 Å². The third kappa shape index (κ3) is 3.84. The summed E-state index contributed by atoms with van der Waals surface area (Å²) in [5.74, 6) is 1.94. The number of rotatable bonds is 6. The standard InChI is InChI=1S/C11H16OS2/c1-14-11-7-3-2-6-10(11)12-8-4-5-9-13/h2-3,6-7,13H,4-5,8-9H2,1H3. The van der Waals surface area contributed by atoms with E-state index < -0.39 is 0 Å². The van der Waals surface area contributed by atoms with Gasteiger partial charge in [0.2, 0.25) is 0 Å². The molecule has 0 N–H and O–H groups in total. The largest absolute Gasteiger partial charge is 0.492 e. The molecule has 0 radical (unpaired) electrons. The van der Waals surface area contributed by atoms with Crippen molar-refractivity contribution in [3.63, 3.8) is 0 Å². The summed E-state index contributed by atoms with van der Waals surface area (Å²) < 4.78 is 5.68. The van der Waals surface area contributed by atoms with Gasteiger partial charge in [0.25, 0.3) is 0 Å². The summed E-state index contributed by atoms with van der Waals surface area (Å²) in [6.07, 6.45) is 4.26. The minimum atomic E-state index is 0.790. The highest BCUT2D eigenvalue weighted by molar-refractivity contribution is 7.98. The fraction of sp³-hybridized carbons (Fsp3) is 0.455.